The van der Waals surface area contributed by atoms with Crippen molar-refractivity contribution in [2.24, 2.45) is 5.73 Å². The van der Waals surface area contributed by atoms with Crippen molar-refractivity contribution in [1.82, 2.24) is 9.80 Å². The summed E-state index contributed by atoms with van der Waals surface area (Å²) in [5.74, 6) is 0.0475. The minimum absolute atomic E-state index is 0.0465. The molecule has 2 aliphatic rings. The van der Waals surface area contributed by atoms with Gasteiger partial charge in [-0.05, 0) is 0 Å². The Bertz CT molecular complexity index is 289. The van der Waals surface area contributed by atoms with Gasteiger partial charge in [0, 0.05) is 32.6 Å². The van der Waals surface area contributed by atoms with Gasteiger partial charge < -0.3 is 20.3 Å². The van der Waals surface area contributed by atoms with Gasteiger partial charge >= 0.3 is 0 Å². The molecule has 2 N–H and O–H groups in total. The van der Waals surface area contributed by atoms with Crippen molar-refractivity contribution in [3.05, 3.63) is 0 Å². The molecule has 90 valence electrons. The van der Waals surface area contributed by atoms with Crippen molar-refractivity contribution in [2.45, 2.75) is 12.5 Å². The molecule has 1 atom stereocenters. The highest BCUT2D eigenvalue weighted by Gasteiger charge is 2.33. The van der Waals surface area contributed by atoms with Crippen LogP contribution in [0.5, 0.6) is 0 Å². The predicted molar refractivity (Wildman–Crippen MR) is 56.6 cm³/mol. The number of ether oxygens (including phenoxy) is 1. The second kappa shape index (κ2) is 4.80. The summed E-state index contributed by atoms with van der Waals surface area (Å²) in [7, 11) is 0. The molecule has 6 heteroatoms. The first-order valence-corrected chi connectivity index (χ1v) is 5.58. The third-order valence-electron chi connectivity index (χ3n) is 3.01. The molecule has 1 unspecified atom stereocenters. The molecule has 2 aliphatic heterocycles. The van der Waals surface area contributed by atoms with Crippen LogP contribution in [0.1, 0.15) is 6.42 Å². The lowest BCUT2D eigenvalue weighted by Gasteiger charge is -2.36. The van der Waals surface area contributed by atoms with E-state index in [1.807, 2.05) is 0 Å². The zero-order valence-electron chi connectivity index (χ0n) is 9.22. The van der Waals surface area contributed by atoms with E-state index >= 15 is 0 Å². The summed E-state index contributed by atoms with van der Waals surface area (Å²) in [6.07, 6.45) is 0.387. The zero-order chi connectivity index (χ0) is 11.5. The molecule has 0 saturated carbocycles. The van der Waals surface area contributed by atoms with Gasteiger partial charge in [-0.25, -0.2) is 0 Å². The largest absolute Gasteiger partial charge is 0.378 e. The van der Waals surface area contributed by atoms with Gasteiger partial charge in [0.05, 0.1) is 13.2 Å². The number of carbonyl (C=O) groups excluding carboxylic acids is 2. The number of morpholine rings is 1. The number of hydrogen-bond acceptors (Lipinski definition) is 4. The van der Waals surface area contributed by atoms with Crippen molar-refractivity contribution in [2.75, 3.05) is 39.4 Å². The summed E-state index contributed by atoms with van der Waals surface area (Å²) in [6, 6.07) is -0.349. The van der Waals surface area contributed by atoms with E-state index in [0.717, 1.165) is 0 Å². The first-order valence-electron chi connectivity index (χ1n) is 5.58. The zero-order valence-corrected chi connectivity index (χ0v) is 9.22. The van der Waals surface area contributed by atoms with Gasteiger partial charge in [-0.2, -0.15) is 0 Å². The minimum Gasteiger partial charge on any atom is -0.378 e. The molecule has 2 amide bonds. The molecule has 0 aliphatic carbocycles. The monoisotopic (exact) mass is 227 g/mol. The summed E-state index contributed by atoms with van der Waals surface area (Å²) in [5, 5.41) is 0. The fraction of sp³-hybridized carbons (Fsp3) is 0.800. The molecule has 16 heavy (non-hydrogen) atoms. The van der Waals surface area contributed by atoms with Crippen LogP contribution in [-0.2, 0) is 14.3 Å². The molecule has 0 bridgehead atoms. The van der Waals surface area contributed by atoms with Crippen LogP contribution in [0.4, 0.5) is 0 Å². The van der Waals surface area contributed by atoms with Crippen LogP contribution in [0.25, 0.3) is 0 Å². The number of amides is 2. The number of nitrogens with two attached hydrogens (primary N) is 1. The molecule has 2 rings (SSSR count). The Hall–Kier alpha value is -1.14. The molecule has 6 nitrogen and oxygen atoms in total. The average molecular weight is 227 g/mol. The Balaban J connectivity index is 1.69. The number of rotatable bonds is 3. The quantitative estimate of drug-likeness (QED) is 0.589. The van der Waals surface area contributed by atoms with E-state index in [0.29, 0.717) is 45.8 Å². The third kappa shape index (κ3) is 2.33. The van der Waals surface area contributed by atoms with Crippen LogP contribution in [-0.4, -0.2) is 67.0 Å². The lowest BCUT2D eigenvalue weighted by molar-refractivity contribution is -0.144. The van der Waals surface area contributed by atoms with Crippen molar-refractivity contribution in [1.29, 1.82) is 0 Å². The van der Waals surface area contributed by atoms with E-state index in [2.05, 4.69) is 0 Å². The second-order valence-electron chi connectivity index (χ2n) is 4.13. The smallest absolute Gasteiger partial charge is 0.241 e. The number of hydrogen-bond donors (Lipinski definition) is 1. The SMILES string of the molecule is NC1CN(CCC(=O)N2CCOCC2)C1=O. The number of nitrogens with zero attached hydrogens (tertiary/aromatic N) is 2. The molecule has 0 aromatic carbocycles. The maximum absolute atomic E-state index is 11.7. The molecular formula is C10H17N3O3. The normalized spacial score (nSPS) is 25.6. The maximum atomic E-state index is 11.7. The van der Waals surface area contributed by atoms with Crippen LogP contribution in [0.15, 0.2) is 0 Å². The third-order valence-corrected chi connectivity index (χ3v) is 3.01. The Kier molecular flexibility index (Phi) is 3.40. The van der Waals surface area contributed by atoms with Gasteiger partial charge in [0.25, 0.3) is 0 Å². The average Bonchev–Trinajstić information content (AvgIpc) is 2.34. The standard InChI is InChI=1S/C10H17N3O3/c11-8-7-13(10(8)15)2-1-9(14)12-3-5-16-6-4-12/h8H,1-7,11H2. The molecule has 2 saturated heterocycles. The van der Waals surface area contributed by atoms with E-state index in [4.69, 9.17) is 10.5 Å². The summed E-state index contributed by atoms with van der Waals surface area (Å²) in [4.78, 5) is 26.4. The van der Waals surface area contributed by atoms with E-state index < -0.39 is 0 Å². The lowest BCUT2D eigenvalue weighted by atomic mass is 10.1. The maximum Gasteiger partial charge on any atom is 0.241 e. The molecule has 0 radical (unpaired) electrons. The summed E-state index contributed by atoms with van der Waals surface area (Å²) in [5.41, 5.74) is 5.46. The van der Waals surface area contributed by atoms with Crippen LogP contribution >= 0.6 is 0 Å². The second-order valence-corrected chi connectivity index (χ2v) is 4.13. The lowest BCUT2D eigenvalue weighted by Crippen LogP contribution is -2.61. The topological polar surface area (TPSA) is 75.9 Å². The fourth-order valence-electron chi connectivity index (χ4n) is 1.93. The number of likely N-dealkylation sites (tertiary alicyclic amines) is 1. The molecular weight excluding hydrogens is 210 g/mol. The van der Waals surface area contributed by atoms with E-state index in [9.17, 15) is 9.59 Å². The van der Waals surface area contributed by atoms with Gasteiger partial charge in [0.15, 0.2) is 0 Å². The van der Waals surface area contributed by atoms with Crippen molar-refractivity contribution >= 4 is 11.8 Å². The van der Waals surface area contributed by atoms with Gasteiger partial charge in [-0.1, -0.05) is 0 Å². The summed E-state index contributed by atoms with van der Waals surface area (Å²) >= 11 is 0. The van der Waals surface area contributed by atoms with E-state index in [1.54, 1.807) is 9.80 Å². The van der Waals surface area contributed by atoms with E-state index in [-0.39, 0.29) is 17.9 Å². The number of β-lactam (4-membered cyclic amide) rings is 1. The minimum atomic E-state index is -0.349. The van der Waals surface area contributed by atoms with Crippen LogP contribution in [0.3, 0.4) is 0 Å². The van der Waals surface area contributed by atoms with E-state index in [1.165, 1.54) is 0 Å². The van der Waals surface area contributed by atoms with Gasteiger partial charge in [0.1, 0.15) is 6.04 Å². The molecule has 0 aromatic rings. The van der Waals surface area contributed by atoms with Crippen LogP contribution in [0, 0.1) is 0 Å². The number of carbonyl (C=O) groups is 2. The Labute approximate surface area is 94.3 Å². The summed E-state index contributed by atoms with van der Waals surface area (Å²) in [6.45, 7) is 3.61. The van der Waals surface area contributed by atoms with Crippen molar-refractivity contribution in [3.63, 3.8) is 0 Å². The van der Waals surface area contributed by atoms with Gasteiger partial charge in [-0.15, -0.1) is 0 Å². The molecule has 2 heterocycles. The Morgan fingerprint density at radius 3 is 2.69 bits per heavy atom. The van der Waals surface area contributed by atoms with Crippen LogP contribution < -0.4 is 5.73 Å². The molecule has 0 aromatic heterocycles. The fourth-order valence-corrected chi connectivity index (χ4v) is 1.93. The summed E-state index contributed by atoms with van der Waals surface area (Å²) < 4.78 is 5.16. The highest BCUT2D eigenvalue weighted by molar-refractivity contribution is 5.88. The van der Waals surface area contributed by atoms with Gasteiger partial charge in [0.2, 0.25) is 11.8 Å². The first kappa shape index (κ1) is 11.3. The highest BCUT2D eigenvalue weighted by atomic mass is 16.5. The van der Waals surface area contributed by atoms with Crippen LogP contribution in [0.2, 0.25) is 0 Å². The first-order chi connectivity index (χ1) is 7.68. The Morgan fingerprint density at radius 2 is 2.12 bits per heavy atom. The van der Waals surface area contributed by atoms with Gasteiger partial charge in [-0.3, -0.25) is 9.59 Å². The molecule has 2 fully saturated rings. The molecule has 0 spiro atoms. The Morgan fingerprint density at radius 1 is 1.44 bits per heavy atom. The van der Waals surface area contributed by atoms with Crippen molar-refractivity contribution in [3.8, 4) is 0 Å². The van der Waals surface area contributed by atoms with Crippen molar-refractivity contribution < 1.29 is 14.3 Å². The highest BCUT2D eigenvalue weighted by Crippen LogP contribution is 2.09. The predicted octanol–water partition coefficient (Wildman–Crippen LogP) is -1.60.